The van der Waals surface area contributed by atoms with E-state index >= 15 is 0 Å². The summed E-state index contributed by atoms with van der Waals surface area (Å²) in [4.78, 5) is 12.7. The van der Waals surface area contributed by atoms with Crippen molar-refractivity contribution in [1.82, 2.24) is 9.62 Å². The summed E-state index contributed by atoms with van der Waals surface area (Å²) in [6.07, 6.45) is 5.91. The molecule has 160 valence electrons. The van der Waals surface area contributed by atoms with E-state index in [1.807, 2.05) is 12.1 Å². The van der Waals surface area contributed by atoms with E-state index in [2.05, 4.69) is 17.4 Å². The number of ether oxygens (including phenoxy) is 1. The Morgan fingerprint density at radius 3 is 2.50 bits per heavy atom. The van der Waals surface area contributed by atoms with E-state index in [-0.39, 0.29) is 23.5 Å². The van der Waals surface area contributed by atoms with E-state index in [1.165, 1.54) is 11.1 Å². The van der Waals surface area contributed by atoms with Crippen LogP contribution in [-0.2, 0) is 21.2 Å². The van der Waals surface area contributed by atoms with Crippen molar-refractivity contribution in [2.24, 2.45) is 0 Å². The molecule has 4 rings (SSSR count). The van der Waals surface area contributed by atoms with Gasteiger partial charge in [-0.05, 0) is 67.5 Å². The summed E-state index contributed by atoms with van der Waals surface area (Å²) in [6, 6.07) is 14.6. The van der Waals surface area contributed by atoms with Crippen molar-refractivity contribution < 1.29 is 17.9 Å². The van der Waals surface area contributed by atoms with Gasteiger partial charge in [0.05, 0.1) is 10.9 Å². The molecule has 2 aliphatic rings. The van der Waals surface area contributed by atoms with E-state index in [0.29, 0.717) is 18.8 Å². The number of fused-ring (bicyclic) bond motifs is 1. The van der Waals surface area contributed by atoms with E-state index < -0.39 is 10.0 Å². The fourth-order valence-corrected chi connectivity index (χ4v) is 5.77. The predicted molar refractivity (Wildman–Crippen MR) is 115 cm³/mol. The van der Waals surface area contributed by atoms with Crippen LogP contribution in [0.4, 0.5) is 0 Å². The number of aryl methyl sites for hydroxylation is 1. The van der Waals surface area contributed by atoms with E-state index in [0.717, 1.165) is 38.5 Å². The van der Waals surface area contributed by atoms with Gasteiger partial charge in [0.15, 0.2) is 6.61 Å². The summed E-state index contributed by atoms with van der Waals surface area (Å²) in [5.74, 6) is 0.300. The zero-order valence-electron chi connectivity index (χ0n) is 17.0. The second-order valence-corrected chi connectivity index (χ2v) is 9.87. The Morgan fingerprint density at radius 1 is 1.00 bits per heavy atom. The van der Waals surface area contributed by atoms with Crippen molar-refractivity contribution in [3.05, 3.63) is 59.7 Å². The Hall–Kier alpha value is -2.38. The molecule has 0 saturated carbocycles. The van der Waals surface area contributed by atoms with Crippen LogP contribution in [0, 0.1) is 0 Å². The van der Waals surface area contributed by atoms with Crippen LogP contribution in [0.15, 0.2) is 53.4 Å². The summed E-state index contributed by atoms with van der Waals surface area (Å²) >= 11 is 0. The summed E-state index contributed by atoms with van der Waals surface area (Å²) in [6.45, 7) is 1.05. The molecule has 2 aromatic carbocycles. The number of nitrogens with zero attached hydrogens (tertiary/aromatic N) is 1. The highest BCUT2D eigenvalue weighted by atomic mass is 32.2. The molecule has 1 saturated heterocycles. The molecule has 1 fully saturated rings. The Bertz CT molecular complexity index is 983. The zero-order chi connectivity index (χ0) is 21.0. The Morgan fingerprint density at radius 2 is 1.73 bits per heavy atom. The van der Waals surface area contributed by atoms with Gasteiger partial charge in [-0.25, -0.2) is 8.42 Å². The van der Waals surface area contributed by atoms with Gasteiger partial charge < -0.3 is 10.1 Å². The van der Waals surface area contributed by atoms with Gasteiger partial charge in [-0.15, -0.1) is 0 Å². The first-order valence-corrected chi connectivity index (χ1v) is 12.1. The number of benzene rings is 2. The third-order valence-electron chi connectivity index (χ3n) is 5.85. The lowest BCUT2D eigenvalue weighted by Crippen LogP contribution is -2.35. The van der Waals surface area contributed by atoms with E-state index in [1.54, 1.807) is 28.6 Å². The molecule has 1 atom stereocenters. The number of sulfonamides is 1. The third-order valence-corrected chi connectivity index (χ3v) is 7.76. The average molecular weight is 429 g/mol. The Balaban J connectivity index is 1.33. The van der Waals surface area contributed by atoms with E-state index in [4.69, 9.17) is 4.74 Å². The highest BCUT2D eigenvalue weighted by Gasteiger charge is 2.26. The second-order valence-electron chi connectivity index (χ2n) is 7.94. The summed E-state index contributed by atoms with van der Waals surface area (Å²) < 4.78 is 32.5. The topological polar surface area (TPSA) is 75.7 Å². The molecule has 30 heavy (non-hydrogen) atoms. The van der Waals surface area contributed by atoms with Crippen molar-refractivity contribution in [1.29, 1.82) is 0 Å². The van der Waals surface area contributed by atoms with Gasteiger partial charge in [-0.2, -0.15) is 4.31 Å². The largest absolute Gasteiger partial charge is 0.484 e. The first-order chi connectivity index (χ1) is 14.5. The number of carbonyl (C=O) groups excluding carboxylic acids is 1. The molecule has 7 heteroatoms. The maximum absolute atomic E-state index is 12.7. The Kier molecular flexibility index (Phi) is 6.39. The molecule has 1 aliphatic carbocycles. The van der Waals surface area contributed by atoms with Gasteiger partial charge in [0, 0.05) is 13.1 Å². The fourth-order valence-electron chi connectivity index (χ4n) is 4.25. The quantitative estimate of drug-likeness (QED) is 0.765. The van der Waals surface area contributed by atoms with Crippen molar-refractivity contribution >= 4 is 15.9 Å². The summed E-state index contributed by atoms with van der Waals surface area (Å²) in [5.41, 5.74) is 2.48. The molecule has 0 bridgehead atoms. The lowest BCUT2D eigenvalue weighted by atomic mass is 9.88. The third kappa shape index (κ3) is 4.68. The van der Waals surface area contributed by atoms with Crippen LogP contribution in [0.3, 0.4) is 0 Å². The normalized spacial score (nSPS) is 19.7. The minimum Gasteiger partial charge on any atom is -0.484 e. The standard InChI is InChI=1S/C23H28N2O4S/c26-23(24-22-10-6-8-18-7-2-3-9-21(18)22)17-29-19-11-13-20(14-12-19)30(27,28)25-15-4-1-5-16-25/h2-3,7,9,11-14,22H,1,4-6,8,10,15-17H2,(H,24,26). The molecule has 0 spiro atoms. The monoisotopic (exact) mass is 428 g/mol. The minimum absolute atomic E-state index is 0.0168. The smallest absolute Gasteiger partial charge is 0.258 e. The molecule has 1 N–H and O–H groups in total. The molecular weight excluding hydrogens is 400 g/mol. The molecular formula is C23H28N2O4S. The molecule has 0 aromatic heterocycles. The molecule has 0 radical (unpaired) electrons. The van der Waals surface area contributed by atoms with Gasteiger partial charge in [0.1, 0.15) is 5.75 Å². The van der Waals surface area contributed by atoms with Crippen LogP contribution < -0.4 is 10.1 Å². The summed E-state index contributed by atoms with van der Waals surface area (Å²) in [7, 11) is -3.46. The summed E-state index contributed by atoms with van der Waals surface area (Å²) in [5, 5.41) is 3.06. The highest BCUT2D eigenvalue weighted by Crippen LogP contribution is 2.29. The minimum atomic E-state index is -3.46. The van der Waals surface area contributed by atoms with Crippen molar-refractivity contribution in [3.63, 3.8) is 0 Å². The predicted octanol–water partition coefficient (Wildman–Crippen LogP) is 3.43. The maximum Gasteiger partial charge on any atom is 0.258 e. The molecule has 1 heterocycles. The highest BCUT2D eigenvalue weighted by molar-refractivity contribution is 7.89. The van der Waals surface area contributed by atoms with Crippen molar-refractivity contribution in [2.75, 3.05) is 19.7 Å². The SMILES string of the molecule is O=C(COc1ccc(S(=O)(=O)N2CCCCC2)cc1)NC1CCCc2ccccc21. The fraction of sp³-hybridized carbons (Fsp3) is 0.435. The number of piperidine rings is 1. The van der Waals surface area contributed by atoms with Crippen LogP contribution in [0.5, 0.6) is 5.75 Å². The van der Waals surface area contributed by atoms with Crippen molar-refractivity contribution in [2.45, 2.75) is 49.5 Å². The van der Waals surface area contributed by atoms with E-state index in [9.17, 15) is 13.2 Å². The number of hydrogen-bond acceptors (Lipinski definition) is 4. The molecule has 1 unspecified atom stereocenters. The number of carbonyl (C=O) groups is 1. The number of amides is 1. The van der Waals surface area contributed by atoms with Gasteiger partial charge in [0.2, 0.25) is 10.0 Å². The average Bonchev–Trinajstić information content (AvgIpc) is 2.79. The second kappa shape index (κ2) is 9.18. The molecule has 2 aromatic rings. The Labute approximate surface area is 178 Å². The van der Waals surface area contributed by atoms with Crippen molar-refractivity contribution in [3.8, 4) is 5.75 Å². The van der Waals surface area contributed by atoms with Crippen LogP contribution in [0.2, 0.25) is 0 Å². The van der Waals surface area contributed by atoms with Crippen LogP contribution in [0.1, 0.15) is 49.3 Å². The first-order valence-electron chi connectivity index (χ1n) is 10.6. The van der Waals surface area contributed by atoms with Gasteiger partial charge in [-0.3, -0.25) is 4.79 Å². The lowest BCUT2D eigenvalue weighted by Gasteiger charge is -2.26. The number of rotatable bonds is 6. The van der Waals surface area contributed by atoms with Gasteiger partial charge in [0.25, 0.3) is 5.91 Å². The van der Waals surface area contributed by atoms with Crippen LogP contribution in [0.25, 0.3) is 0 Å². The zero-order valence-corrected chi connectivity index (χ0v) is 17.9. The van der Waals surface area contributed by atoms with Gasteiger partial charge in [-0.1, -0.05) is 30.7 Å². The lowest BCUT2D eigenvalue weighted by molar-refractivity contribution is -0.124. The first kappa shape index (κ1) is 20.9. The van der Waals surface area contributed by atoms with Crippen LogP contribution >= 0.6 is 0 Å². The maximum atomic E-state index is 12.7. The molecule has 6 nitrogen and oxygen atoms in total. The van der Waals surface area contributed by atoms with Crippen LogP contribution in [-0.4, -0.2) is 38.3 Å². The number of nitrogens with one attached hydrogen (secondary N) is 1. The van der Waals surface area contributed by atoms with Gasteiger partial charge >= 0.3 is 0 Å². The molecule has 1 aliphatic heterocycles. The molecule has 1 amide bonds. The number of hydrogen-bond donors (Lipinski definition) is 1.